The first-order valence-electron chi connectivity index (χ1n) is 5.53. The van der Waals surface area contributed by atoms with Crippen molar-refractivity contribution in [3.05, 3.63) is 35.5 Å². The molecule has 1 saturated carbocycles. The third-order valence-electron chi connectivity index (χ3n) is 4.12. The van der Waals surface area contributed by atoms with Gasteiger partial charge in [0.05, 0.1) is 0 Å². The first-order valence-corrected chi connectivity index (χ1v) is 5.53. The quantitative estimate of drug-likeness (QED) is 0.533. The Balaban J connectivity index is 2.29. The van der Waals surface area contributed by atoms with Gasteiger partial charge < -0.3 is 0 Å². The van der Waals surface area contributed by atoms with Gasteiger partial charge in [-0.25, -0.2) is 0 Å². The highest BCUT2D eigenvalue weighted by Crippen LogP contribution is 2.59. The van der Waals surface area contributed by atoms with Gasteiger partial charge >= 0.3 is 0 Å². The summed E-state index contributed by atoms with van der Waals surface area (Å²) in [6, 6.07) is 0. The SMILES string of the molecule is CC(C)=C1C=CC2(C=C1)CCC2(C)C. The van der Waals surface area contributed by atoms with Crippen molar-refractivity contribution in [1.82, 2.24) is 0 Å². The first kappa shape index (κ1) is 9.76. The highest BCUT2D eigenvalue weighted by Gasteiger charge is 2.49. The van der Waals surface area contributed by atoms with Gasteiger partial charge in [-0.1, -0.05) is 43.7 Å². The molecular formula is C14H20. The molecule has 76 valence electrons. The molecule has 0 atom stereocenters. The third kappa shape index (κ3) is 1.20. The van der Waals surface area contributed by atoms with Crippen molar-refractivity contribution in [2.45, 2.75) is 40.5 Å². The van der Waals surface area contributed by atoms with Crippen LogP contribution in [0.5, 0.6) is 0 Å². The Labute approximate surface area is 87.4 Å². The van der Waals surface area contributed by atoms with Gasteiger partial charge in [0.2, 0.25) is 0 Å². The summed E-state index contributed by atoms with van der Waals surface area (Å²) in [5.41, 5.74) is 3.63. The van der Waals surface area contributed by atoms with Crippen molar-refractivity contribution in [1.29, 1.82) is 0 Å². The molecule has 2 aliphatic rings. The molecule has 0 aromatic rings. The predicted octanol–water partition coefficient (Wildman–Crippen LogP) is 4.26. The molecular weight excluding hydrogens is 168 g/mol. The van der Waals surface area contributed by atoms with Crippen LogP contribution in [0.2, 0.25) is 0 Å². The fourth-order valence-electron chi connectivity index (χ4n) is 2.45. The van der Waals surface area contributed by atoms with Gasteiger partial charge in [-0.3, -0.25) is 0 Å². The molecule has 0 aromatic carbocycles. The predicted molar refractivity (Wildman–Crippen MR) is 62.1 cm³/mol. The molecule has 0 N–H and O–H groups in total. The van der Waals surface area contributed by atoms with Gasteiger partial charge in [-0.15, -0.1) is 0 Å². The van der Waals surface area contributed by atoms with Crippen molar-refractivity contribution in [3.8, 4) is 0 Å². The lowest BCUT2D eigenvalue weighted by Crippen LogP contribution is -2.45. The van der Waals surface area contributed by atoms with Gasteiger partial charge in [0.15, 0.2) is 0 Å². The lowest BCUT2D eigenvalue weighted by atomic mass is 9.50. The first-order chi connectivity index (χ1) is 6.47. The Hall–Kier alpha value is -0.780. The summed E-state index contributed by atoms with van der Waals surface area (Å²) < 4.78 is 0. The summed E-state index contributed by atoms with van der Waals surface area (Å²) in [5, 5.41) is 0. The average Bonchev–Trinajstić information content (AvgIpc) is 2.16. The van der Waals surface area contributed by atoms with Crippen molar-refractivity contribution >= 4 is 0 Å². The fraction of sp³-hybridized carbons (Fsp3) is 0.571. The van der Waals surface area contributed by atoms with Gasteiger partial charge in [0, 0.05) is 5.41 Å². The molecule has 0 heteroatoms. The molecule has 0 radical (unpaired) electrons. The van der Waals surface area contributed by atoms with Crippen LogP contribution in [0.1, 0.15) is 40.5 Å². The monoisotopic (exact) mass is 188 g/mol. The molecule has 0 saturated heterocycles. The van der Waals surface area contributed by atoms with E-state index < -0.39 is 0 Å². The zero-order valence-corrected chi connectivity index (χ0v) is 9.72. The molecule has 0 nitrogen and oxygen atoms in total. The summed E-state index contributed by atoms with van der Waals surface area (Å²) in [4.78, 5) is 0. The van der Waals surface area contributed by atoms with Gasteiger partial charge in [-0.2, -0.15) is 0 Å². The number of rotatable bonds is 0. The highest BCUT2D eigenvalue weighted by atomic mass is 14.5. The maximum atomic E-state index is 2.42. The van der Waals surface area contributed by atoms with Gasteiger partial charge in [0.1, 0.15) is 0 Å². The maximum absolute atomic E-state index is 2.42. The fourth-order valence-corrected chi connectivity index (χ4v) is 2.45. The zero-order chi connectivity index (χ0) is 10.4. The smallest absolute Gasteiger partial charge is 0.0119 e. The van der Waals surface area contributed by atoms with E-state index in [4.69, 9.17) is 0 Å². The summed E-state index contributed by atoms with van der Waals surface area (Å²) >= 11 is 0. The average molecular weight is 188 g/mol. The maximum Gasteiger partial charge on any atom is 0.0119 e. The Bertz CT molecular complexity index is 317. The number of hydrogen-bond donors (Lipinski definition) is 0. The van der Waals surface area contributed by atoms with Crippen LogP contribution in [0, 0.1) is 10.8 Å². The van der Waals surface area contributed by atoms with E-state index in [1.807, 2.05) is 0 Å². The molecule has 0 amide bonds. The second kappa shape index (κ2) is 2.85. The van der Waals surface area contributed by atoms with Crippen LogP contribution in [-0.4, -0.2) is 0 Å². The second-order valence-corrected chi connectivity index (χ2v) is 5.55. The summed E-state index contributed by atoms with van der Waals surface area (Å²) in [7, 11) is 0. The van der Waals surface area contributed by atoms with Crippen LogP contribution in [-0.2, 0) is 0 Å². The third-order valence-corrected chi connectivity index (χ3v) is 4.12. The molecule has 2 aliphatic carbocycles. The van der Waals surface area contributed by atoms with E-state index >= 15 is 0 Å². The molecule has 2 rings (SSSR count). The standard InChI is InChI=1S/C14H20/c1-11(2)12-5-7-14(8-6-12)10-9-13(14,3)4/h5-8H,9-10H2,1-4H3. The van der Waals surface area contributed by atoms with Crippen LogP contribution in [0.4, 0.5) is 0 Å². The van der Waals surface area contributed by atoms with Gasteiger partial charge in [-0.05, 0) is 37.7 Å². The Kier molecular flexibility index (Phi) is 1.99. The Morgan fingerprint density at radius 2 is 1.64 bits per heavy atom. The summed E-state index contributed by atoms with van der Waals surface area (Å²) in [6.07, 6.45) is 12.1. The second-order valence-electron chi connectivity index (χ2n) is 5.55. The van der Waals surface area contributed by atoms with Crippen molar-refractivity contribution < 1.29 is 0 Å². The van der Waals surface area contributed by atoms with E-state index in [1.165, 1.54) is 24.0 Å². The molecule has 1 spiro atoms. The van der Waals surface area contributed by atoms with Gasteiger partial charge in [0.25, 0.3) is 0 Å². The molecule has 0 heterocycles. The molecule has 14 heavy (non-hydrogen) atoms. The largest absolute Gasteiger partial charge is 0.0734 e. The van der Waals surface area contributed by atoms with E-state index in [1.54, 1.807) is 0 Å². The lowest BCUT2D eigenvalue weighted by Gasteiger charge is -2.54. The number of hydrogen-bond acceptors (Lipinski definition) is 0. The summed E-state index contributed by atoms with van der Waals surface area (Å²) in [6.45, 7) is 9.10. The number of allylic oxidation sites excluding steroid dienone is 6. The minimum Gasteiger partial charge on any atom is -0.0734 e. The van der Waals surface area contributed by atoms with E-state index in [-0.39, 0.29) is 0 Å². The van der Waals surface area contributed by atoms with Crippen LogP contribution in [0.15, 0.2) is 35.5 Å². The van der Waals surface area contributed by atoms with E-state index in [0.717, 1.165) is 0 Å². The van der Waals surface area contributed by atoms with E-state index in [2.05, 4.69) is 52.0 Å². The Morgan fingerprint density at radius 3 is 1.93 bits per heavy atom. The normalized spacial score (nSPS) is 33.3. The lowest BCUT2D eigenvalue weighted by molar-refractivity contribution is 0.0391. The molecule has 0 aliphatic heterocycles. The van der Waals surface area contributed by atoms with Crippen molar-refractivity contribution in [3.63, 3.8) is 0 Å². The topological polar surface area (TPSA) is 0 Å². The molecule has 0 aromatic heterocycles. The zero-order valence-electron chi connectivity index (χ0n) is 9.72. The molecule has 1 fully saturated rings. The van der Waals surface area contributed by atoms with Crippen LogP contribution in [0.25, 0.3) is 0 Å². The Morgan fingerprint density at radius 1 is 1.07 bits per heavy atom. The minimum atomic E-state index is 0.367. The van der Waals surface area contributed by atoms with E-state index in [9.17, 15) is 0 Å². The molecule has 0 bridgehead atoms. The minimum absolute atomic E-state index is 0.367. The van der Waals surface area contributed by atoms with Crippen LogP contribution in [0.3, 0.4) is 0 Å². The van der Waals surface area contributed by atoms with Crippen molar-refractivity contribution in [2.75, 3.05) is 0 Å². The molecule has 0 unspecified atom stereocenters. The van der Waals surface area contributed by atoms with Crippen LogP contribution < -0.4 is 0 Å². The highest BCUT2D eigenvalue weighted by molar-refractivity contribution is 5.43. The van der Waals surface area contributed by atoms with Crippen LogP contribution >= 0.6 is 0 Å². The van der Waals surface area contributed by atoms with Crippen molar-refractivity contribution in [2.24, 2.45) is 10.8 Å². The summed E-state index contributed by atoms with van der Waals surface area (Å²) in [5.74, 6) is 0. The van der Waals surface area contributed by atoms with E-state index in [0.29, 0.717) is 10.8 Å².